The summed E-state index contributed by atoms with van der Waals surface area (Å²) in [6, 6.07) is 0. The smallest absolute Gasteiger partial charge is 0.307 e. The number of ketones is 2. The third kappa shape index (κ3) is 3.46. The van der Waals surface area contributed by atoms with Gasteiger partial charge >= 0.3 is 5.97 Å². The lowest BCUT2D eigenvalue weighted by atomic mass is 9.92. The number of hydrogen-bond acceptors (Lipinski definition) is 4. The summed E-state index contributed by atoms with van der Waals surface area (Å²) in [5.41, 5.74) is -0.193. The molecule has 1 aliphatic carbocycles. The van der Waals surface area contributed by atoms with Gasteiger partial charge in [-0.05, 0) is 5.41 Å². The van der Waals surface area contributed by atoms with Crippen LogP contribution in [-0.4, -0.2) is 23.6 Å². The van der Waals surface area contributed by atoms with Crippen LogP contribution in [0.1, 0.15) is 40.0 Å². The molecule has 84 valence electrons. The van der Waals surface area contributed by atoms with Crippen LogP contribution in [0.5, 0.6) is 0 Å². The number of Topliss-reactive ketones (excluding diaryl/α,β-unsaturated/α-hetero) is 2. The summed E-state index contributed by atoms with van der Waals surface area (Å²) in [4.78, 5) is 33.8. The van der Waals surface area contributed by atoms with Crippen LogP contribution >= 0.6 is 0 Å². The molecule has 0 aliphatic heterocycles. The summed E-state index contributed by atoms with van der Waals surface area (Å²) < 4.78 is 4.87. The third-order valence-corrected chi connectivity index (χ3v) is 2.13. The zero-order valence-electron chi connectivity index (χ0n) is 9.33. The molecule has 0 atom stereocenters. The zero-order valence-corrected chi connectivity index (χ0v) is 9.33. The van der Waals surface area contributed by atoms with Gasteiger partial charge in [0, 0.05) is 12.8 Å². The van der Waals surface area contributed by atoms with Gasteiger partial charge in [0.1, 0.15) is 0 Å². The van der Waals surface area contributed by atoms with Crippen LogP contribution in [0.25, 0.3) is 0 Å². The van der Waals surface area contributed by atoms with E-state index in [-0.39, 0.29) is 36.2 Å². The Balaban J connectivity index is 2.51. The van der Waals surface area contributed by atoms with Crippen LogP contribution in [0.2, 0.25) is 0 Å². The van der Waals surface area contributed by atoms with E-state index in [1.165, 1.54) is 0 Å². The van der Waals surface area contributed by atoms with Gasteiger partial charge in [-0.15, -0.1) is 0 Å². The maximum Gasteiger partial charge on any atom is 0.307 e. The highest BCUT2D eigenvalue weighted by Gasteiger charge is 2.36. The highest BCUT2D eigenvalue weighted by Crippen LogP contribution is 2.21. The summed E-state index contributed by atoms with van der Waals surface area (Å²) >= 11 is 0. The molecular weight excluding hydrogens is 196 g/mol. The monoisotopic (exact) mass is 212 g/mol. The molecule has 4 heteroatoms. The van der Waals surface area contributed by atoms with E-state index in [0.29, 0.717) is 0 Å². The second-order valence-corrected chi connectivity index (χ2v) is 5.04. The first-order valence-corrected chi connectivity index (χ1v) is 5.04. The molecule has 1 saturated carbocycles. The molecule has 0 spiro atoms. The molecule has 15 heavy (non-hydrogen) atoms. The van der Waals surface area contributed by atoms with Crippen molar-refractivity contribution >= 4 is 17.5 Å². The number of carbonyl (C=O) groups is 3. The second-order valence-electron chi connectivity index (χ2n) is 5.04. The second kappa shape index (κ2) is 4.13. The predicted octanol–water partition coefficient (Wildman–Crippen LogP) is 1.27. The first-order valence-electron chi connectivity index (χ1n) is 5.04. The fourth-order valence-electron chi connectivity index (χ4n) is 1.43. The Morgan fingerprint density at radius 1 is 1.27 bits per heavy atom. The normalized spacial score (nSPS) is 18.3. The Hall–Kier alpha value is -1.19. The Morgan fingerprint density at radius 2 is 1.73 bits per heavy atom. The van der Waals surface area contributed by atoms with Gasteiger partial charge in [0.15, 0.2) is 11.6 Å². The molecule has 0 radical (unpaired) electrons. The summed E-state index contributed by atoms with van der Waals surface area (Å²) in [7, 11) is 0. The average molecular weight is 212 g/mol. The van der Waals surface area contributed by atoms with Crippen molar-refractivity contribution in [2.45, 2.75) is 46.1 Å². The number of ether oxygens (including phenoxy) is 1. The molecule has 1 fully saturated rings. The molecule has 1 rings (SSSR count). The minimum absolute atomic E-state index is 0.193. The lowest BCUT2D eigenvalue weighted by Gasteiger charge is -2.18. The molecule has 1 aliphatic rings. The van der Waals surface area contributed by atoms with Crippen LogP contribution in [0.3, 0.4) is 0 Å². The molecule has 4 nitrogen and oxygen atoms in total. The molecular formula is C11H16O4. The fraction of sp³-hybridized carbons (Fsp3) is 0.727. The van der Waals surface area contributed by atoms with Crippen LogP contribution < -0.4 is 0 Å². The number of carbonyl (C=O) groups excluding carboxylic acids is 3. The Labute approximate surface area is 89.0 Å². The van der Waals surface area contributed by atoms with Crippen LogP contribution in [-0.2, 0) is 19.1 Å². The summed E-state index contributed by atoms with van der Waals surface area (Å²) in [5.74, 6) is -1.03. The van der Waals surface area contributed by atoms with E-state index in [1.54, 1.807) is 0 Å². The van der Waals surface area contributed by atoms with E-state index in [0.717, 1.165) is 0 Å². The standard InChI is InChI=1S/C11H16O4/c1-11(2,3)6-9(14)15-10-7(12)4-5-8(10)13/h10H,4-6H2,1-3H3. The van der Waals surface area contributed by atoms with Crippen molar-refractivity contribution in [3.05, 3.63) is 0 Å². The number of rotatable bonds is 2. The van der Waals surface area contributed by atoms with Gasteiger partial charge < -0.3 is 4.74 Å². The van der Waals surface area contributed by atoms with Gasteiger partial charge in [-0.2, -0.15) is 0 Å². The Bertz CT molecular complexity index is 282. The van der Waals surface area contributed by atoms with Crippen molar-refractivity contribution in [3.8, 4) is 0 Å². The van der Waals surface area contributed by atoms with Crippen molar-refractivity contribution in [2.75, 3.05) is 0 Å². The third-order valence-electron chi connectivity index (χ3n) is 2.13. The highest BCUT2D eigenvalue weighted by atomic mass is 16.6. The summed E-state index contributed by atoms with van der Waals surface area (Å²) in [6.07, 6.45) is -0.511. The molecule has 0 saturated heterocycles. The van der Waals surface area contributed by atoms with Gasteiger partial charge in [-0.25, -0.2) is 0 Å². The maximum atomic E-state index is 11.4. The van der Waals surface area contributed by atoms with E-state index in [2.05, 4.69) is 0 Å². The molecule has 0 aromatic heterocycles. The first kappa shape index (κ1) is 11.9. The SMILES string of the molecule is CC(C)(C)CC(=O)OC1C(=O)CCC1=O. The molecule has 0 bridgehead atoms. The van der Waals surface area contributed by atoms with Crippen LogP contribution in [0, 0.1) is 5.41 Å². The Kier molecular flexibility index (Phi) is 3.27. The lowest BCUT2D eigenvalue weighted by molar-refractivity contribution is -0.159. The minimum Gasteiger partial charge on any atom is -0.446 e. The molecule has 0 unspecified atom stereocenters. The van der Waals surface area contributed by atoms with E-state index < -0.39 is 12.1 Å². The van der Waals surface area contributed by atoms with Crippen LogP contribution in [0.4, 0.5) is 0 Å². The van der Waals surface area contributed by atoms with E-state index >= 15 is 0 Å². The average Bonchev–Trinajstić information content (AvgIpc) is 2.32. The molecule has 0 aromatic rings. The van der Waals surface area contributed by atoms with Crippen molar-refractivity contribution in [2.24, 2.45) is 5.41 Å². The molecule has 0 heterocycles. The summed E-state index contributed by atoms with van der Waals surface area (Å²) in [5, 5.41) is 0. The number of hydrogen-bond donors (Lipinski definition) is 0. The van der Waals surface area contributed by atoms with Crippen LogP contribution in [0.15, 0.2) is 0 Å². The first-order chi connectivity index (χ1) is 6.79. The predicted molar refractivity (Wildman–Crippen MR) is 53.2 cm³/mol. The van der Waals surface area contributed by atoms with Gasteiger partial charge in [0.05, 0.1) is 6.42 Å². The van der Waals surface area contributed by atoms with Crippen molar-refractivity contribution < 1.29 is 19.1 Å². The fourth-order valence-corrected chi connectivity index (χ4v) is 1.43. The zero-order chi connectivity index (χ0) is 11.6. The highest BCUT2D eigenvalue weighted by molar-refractivity contribution is 6.12. The summed E-state index contributed by atoms with van der Waals surface area (Å²) in [6.45, 7) is 5.69. The molecule has 0 N–H and O–H groups in total. The van der Waals surface area contributed by atoms with Gasteiger partial charge in [0.2, 0.25) is 6.10 Å². The quantitative estimate of drug-likeness (QED) is 0.511. The van der Waals surface area contributed by atoms with Gasteiger partial charge in [0.25, 0.3) is 0 Å². The number of esters is 1. The largest absolute Gasteiger partial charge is 0.446 e. The van der Waals surface area contributed by atoms with Crippen molar-refractivity contribution in [3.63, 3.8) is 0 Å². The van der Waals surface area contributed by atoms with E-state index in [9.17, 15) is 14.4 Å². The van der Waals surface area contributed by atoms with Gasteiger partial charge in [-0.3, -0.25) is 14.4 Å². The Morgan fingerprint density at radius 3 is 2.13 bits per heavy atom. The minimum atomic E-state index is -1.13. The van der Waals surface area contributed by atoms with E-state index in [4.69, 9.17) is 4.74 Å². The van der Waals surface area contributed by atoms with Crippen molar-refractivity contribution in [1.82, 2.24) is 0 Å². The maximum absolute atomic E-state index is 11.4. The molecule has 0 amide bonds. The lowest BCUT2D eigenvalue weighted by Crippen LogP contribution is -2.29. The topological polar surface area (TPSA) is 60.4 Å². The molecule has 0 aromatic carbocycles. The van der Waals surface area contributed by atoms with E-state index in [1.807, 2.05) is 20.8 Å². The van der Waals surface area contributed by atoms with Gasteiger partial charge in [-0.1, -0.05) is 20.8 Å². The van der Waals surface area contributed by atoms with Crippen molar-refractivity contribution in [1.29, 1.82) is 0 Å².